The highest BCUT2D eigenvalue weighted by Gasteiger charge is 2.30. The first-order chi connectivity index (χ1) is 12.1. The molecular weight excluding hydrogens is 340 g/mol. The third-order valence-electron chi connectivity index (χ3n) is 5.23. The number of benzene rings is 1. The van der Waals surface area contributed by atoms with Crippen LogP contribution in [-0.4, -0.2) is 54.9 Å². The van der Waals surface area contributed by atoms with Gasteiger partial charge in [-0.2, -0.15) is 0 Å². The number of carbonyl (C=O) groups excluding carboxylic acids is 2. The van der Waals surface area contributed by atoms with Gasteiger partial charge in [0.1, 0.15) is 5.75 Å². The first kappa shape index (κ1) is 18.1. The molecule has 3 rings (SSSR count). The van der Waals surface area contributed by atoms with Crippen LogP contribution in [0.2, 0.25) is 5.02 Å². The van der Waals surface area contributed by atoms with Crippen LogP contribution >= 0.6 is 11.6 Å². The molecule has 2 amide bonds. The van der Waals surface area contributed by atoms with Gasteiger partial charge in [0.2, 0.25) is 11.8 Å². The Balaban J connectivity index is 1.55. The summed E-state index contributed by atoms with van der Waals surface area (Å²) in [6.07, 6.45) is 4.63. The summed E-state index contributed by atoms with van der Waals surface area (Å²) in [4.78, 5) is 28.8. The van der Waals surface area contributed by atoms with E-state index in [1.807, 2.05) is 9.80 Å². The van der Waals surface area contributed by atoms with E-state index in [1.165, 1.54) is 0 Å². The first-order valence-electron chi connectivity index (χ1n) is 8.97. The molecule has 5 nitrogen and oxygen atoms in total. The number of rotatable bonds is 4. The summed E-state index contributed by atoms with van der Waals surface area (Å²) in [5, 5.41) is 0.593. The molecule has 0 radical (unpaired) electrons. The zero-order valence-corrected chi connectivity index (χ0v) is 15.4. The molecule has 0 unspecified atom stereocenters. The smallest absolute Gasteiger partial charge is 0.227 e. The number of hydrogen-bond donors (Lipinski definition) is 0. The zero-order chi connectivity index (χ0) is 17.8. The second-order valence-corrected chi connectivity index (χ2v) is 7.26. The SMILES string of the molecule is COc1ccc(Cl)cc1CC(=O)N1CCN(C(=O)C2CCCC2)CC1. The number of nitrogens with zero attached hydrogens (tertiary/aromatic N) is 2. The molecule has 0 bridgehead atoms. The lowest BCUT2D eigenvalue weighted by Crippen LogP contribution is -2.52. The second kappa shape index (κ2) is 8.09. The van der Waals surface area contributed by atoms with Crippen molar-refractivity contribution in [2.45, 2.75) is 32.1 Å². The Hall–Kier alpha value is -1.75. The molecule has 1 aromatic carbocycles. The van der Waals surface area contributed by atoms with Crippen LogP contribution in [0.3, 0.4) is 0 Å². The van der Waals surface area contributed by atoms with Crippen LogP contribution < -0.4 is 4.74 Å². The highest BCUT2D eigenvalue weighted by molar-refractivity contribution is 6.30. The predicted molar refractivity (Wildman–Crippen MR) is 96.8 cm³/mol. The van der Waals surface area contributed by atoms with E-state index >= 15 is 0 Å². The predicted octanol–water partition coefficient (Wildman–Crippen LogP) is 2.75. The Bertz CT molecular complexity index is 636. The zero-order valence-electron chi connectivity index (χ0n) is 14.7. The minimum Gasteiger partial charge on any atom is -0.496 e. The molecule has 1 aromatic rings. The van der Waals surface area contributed by atoms with Crippen LogP contribution in [0.15, 0.2) is 18.2 Å². The van der Waals surface area contributed by atoms with Crippen LogP contribution in [0.25, 0.3) is 0 Å². The molecule has 1 aliphatic heterocycles. The molecule has 2 fully saturated rings. The topological polar surface area (TPSA) is 49.9 Å². The van der Waals surface area contributed by atoms with Crippen LogP contribution in [0, 0.1) is 5.92 Å². The molecule has 136 valence electrons. The van der Waals surface area contributed by atoms with Gasteiger partial charge in [-0.05, 0) is 31.0 Å². The van der Waals surface area contributed by atoms with Crippen molar-refractivity contribution in [3.8, 4) is 5.75 Å². The van der Waals surface area contributed by atoms with Gasteiger partial charge in [-0.15, -0.1) is 0 Å². The van der Waals surface area contributed by atoms with E-state index in [-0.39, 0.29) is 24.2 Å². The van der Waals surface area contributed by atoms with Crippen LogP contribution in [0.4, 0.5) is 0 Å². The fraction of sp³-hybridized carbons (Fsp3) is 0.579. The standard InChI is InChI=1S/C19H25ClN2O3/c1-25-17-7-6-16(20)12-15(17)13-18(23)21-8-10-22(11-9-21)19(24)14-4-2-3-5-14/h6-7,12,14H,2-5,8-11,13H2,1H3. The maximum Gasteiger partial charge on any atom is 0.227 e. The molecule has 1 aliphatic carbocycles. The lowest BCUT2D eigenvalue weighted by atomic mass is 10.1. The molecule has 25 heavy (non-hydrogen) atoms. The number of amides is 2. The van der Waals surface area contributed by atoms with Crippen molar-refractivity contribution in [3.05, 3.63) is 28.8 Å². The van der Waals surface area contributed by atoms with Gasteiger partial charge in [0.05, 0.1) is 13.5 Å². The molecule has 0 N–H and O–H groups in total. The van der Waals surface area contributed by atoms with E-state index in [0.29, 0.717) is 37.0 Å². The highest BCUT2D eigenvalue weighted by Crippen LogP contribution is 2.27. The van der Waals surface area contributed by atoms with Gasteiger partial charge in [-0.25, -0.2) is 0 Å². The van der Waals surface area contributed by atoms with E-state index < -0.39 is 0 Å². The number of ether oxygens (including phenoxy) is 1. The number of methoxy groups -OCH3 is 1. The van der Waals surface area contributed by atoms with Gasteiger partial charge in [-0.3, -0.25) is 9.59 Å². The Kier molecular flexibility index (Phi) is 5.84. The molecule has 1 saturated heterocycles. The summed E-state index contributed by atoms with van der Waals surface area (Å²) in [6, 6.07) is 5.31. The van der Waals surface area contributed by atoms with Crippen molar-refractivity contribution in [2.75, 3.05) is 33.3 Å². The molecule has 1 saturated carbocycles. The third kappa shape index (κ3) is 4.27. The van der Waals surface area contributed by atoms with E-state index in [0.717, 1.165) is 31.2 Å². The van der Waals surface area contributed by atoms with E-state index in [4.69, 9.17) is 16.3 Å². The molecule has 6 heteroatoms. The van der Waals surface area contributed by atoms with Crippen LogP contribution in [-0.2, 0) is 16.0 Å². The number of carbonyl (C=O) groups is 2. The van der Waals surface area contributed by atoms with Gasteiger partial charge >= 0.3 is 0 Å². The van der Waals surface area contributed by atoms with E-state index in [1.54, 1.807) is 25.3 Å². The number of hydrogen-bond acceptors (Lipinski definition) is 3. The summed E-state index contributed by atoms with van der Waals surface area (Å²) >= 11 is 6.03. The first-order valence-corrected chi connectivity index (χ1v) is 9.35. The molecule has 0 atom stereocenters. The molecule has 1 heterocycles. The summed E-state index contributed by atoms with van der Waals surface area (Å²) in [5.74, 6) is 1.21. The maximum absolute atomic E-state index is 12.6. The number of halogens is 1. The average Bonchev–Trinajstić information content (AvgIpc) is 3.16. The fourth-order valence-corrected chi connectivity index (χ4v) is 3.96. The van der Waals surface area contributed by atoms with Crippen molar-refractivity contribution >= 4 is 23.4 Å². The largest absolute Gasteiger partial charge is 0.496 e. The lowest BCUT2D eigenvalue weighted by Gasteiger charge is -2.36. The van der Waals surface area contributed by atoms with Crippen molar-refractivity contribution in [3.63, 3.8) is 0 Å². The van der Waals surface area contributed by atoms with Crippen molar-refractivity contribution in [1.82, 2.24) is 9.80 Å². The Morgan fingerprint density at radius 2 is 1.76 bits per heavy atom. The second-order valence-electron chi connectivity index (χ2n) is 6.82. The summed E-state index contributed by atoms with van der Waals surface area (Å²) in [7, 11) is 1.59. The Morgan fingerprint density at radius 3 is 2.40 bits per heavy atom. The Morgan fingerprint density at radius 1 is 1.12 bits per heavy atom. The maximum atomic E-state index is 12.6. The summed E-state index contributed by atoms with van der Waals surface area (Å²) < 4.78 is 5.31. The lowest BCUT2D eigenvalue weighted by molar-refractivity contribution is -0.141. The molecule has 2 aliphatic rings. The van der Waals surface area contributed by atoms with Gasteiger partial charge in [0.15, 0.2) is 0 Å². The summed E-state index contributed by atoms with van der Waals surface area (Å²) in [5.41, 5.74) is 0.796. The van der Waals surface area contributed by atoms with E-state index in [2.05, 4.69) is 0 Å². The van der Waals surface area contributed by atoms with Crippen molar-refractivity contribution in [1.29, 1.82) is 0 Å². The molecule has 0 spiro atoms. The van der Waals surface area contributed by atoms with Crippen LogP contribution in [0.5, 0.6) is 5.75 Å². The molecule has 0 aromatic heterocycles. The minimum atomic E-state index is 0.0496. The quantitative estimate of drug-likeness (QED) is 0.825. The Labute approximate surface area is 153 Å². The average molecular weight is 365 g/mol. The minimum absolute atomic E-state index is 0.0496. The highest BCUT2D eigenvalue weighted by atomic mass is 35.5. The monoisotopic (exact) mass is 364 g/mol. The van der Waals surface area contributed by atoms with Gasteiger partial charge in [0, 0.05) is 42.7 Å². The van der Waals surface area contributed by atoms with Gasteiger partial charge in [-0.1, -0.05) is 24.4 Å². The van der Waals surface area contributed by atoms with Crippen molar-refractivity contribution < 1.29 is 14.3 Å². The normalized spacial score (nSPS) is 18.5. The van der Waals surface area contributed by atoms with Crippen LogP contribution in [0.1, 0.15) is 31.2 Å². The fourth-order valence-electron chi connectivity index (χ4n) is 3.77. The van der Waals surface area contributed by atoms with Crippen molar-refractivity contribution in [2.24, 2.45) is 5.92 Å². The van der Waals surface area contributed by atoms with E-state index in [9.17, 15) is 9.59 Å². The summed E-state index contributed by atoms with van der Waals surface area (Å²) in [6.45, 7) is 2.46. The number of piperazine rings is 1. The molecular formula is C19H25ClN2O3. The van der Waals surface area contributed by atoms with Gasteiger partial charge in [0.25, 0.3) is 0 Å². The third-order valence-corrected chi connectivity index (χ3v) is 5.47. The van der Waals surface area contributed by atoms with Gasteiger partial charge < -0.3 is 14.5 Å².